The average molecular weight is 274 g/mol. The number of thioether (sulfide) groups is 1. The highest BCUT2D eigenvalue weighted by Crippen LogP contribution is 2.49. The molecule has 0 heterocycles. The van der Waals surface area contributed by atoms with E-state index in [9.17, 15) is 5.26 Å². The highest BCUT2D eigenvalue weighted by atomic mass is 32.2. The predicted molar refractivity (Wildman–Crippen MR) is 82.6 cm³/mol. The van der Waals surface area contributed by atoms with E-state index in [4.69, 9.17) is 0 Å². The summed E-state index contributed by atoms with van der Waals surface area (Å²) < 4.78 is 0. The lowest BCUT2D eigenvalue weighted by atomic mass is 10.0. The van der Waals surface area contributed by atoms with Gasteiger partial charge in [-0.3, -0.25) is 0 Å². The van der Waals surface area contributed by atoms with E-state index in [0.717, 1.165) is 28.4 Å². The minimum absolute atomic E-state index is 0.509. The van der Waals surface area contributed by atoms with Gasteiger partial charge in [-0.2, -0.15) is 5.26 Å². The number of rotatable bonds is 7. The number of nitrogens with one attached hydrogen (secondary N) is 1. The molecule has 0 unspecified atom stereocenters. The lowest BCUT2D eigenvalue weighted by molar-refractivity contribution is 0.485. The minimum atomic E-state index is 0.509. The highest BCUT2D eigenvalue weighted by molar-refractivity contribution is 7.99. The first kappa shape index (κ1) is 14.3. The van der Waals surface area contributed by atoms with E-state index >= 15 is 0 Å². The van der Waals surface area contributed by atoms with Gasteiger partial charge >= 0.3 is 0 Å². The molecule has 2 rings (SSSR count). The van der Waals surface area contributed by atoms with Gasteiger partial charge in [0.05, 0.1) is 11.3 Å². The van der Waals surface area contributed by atoms with Crippen LogP contribution in [0.15, 0.2) is 23.1 Å². The molecule has 1 aromatic rings. The van der Waals surface area contributed by atoms with E-state index in [0.29, 0.717) is 5.41 Å². The standard InChI is InChI=1S/C16H22N2S/c1-3-8-16(9-10-16)12-18-14-6-5-7-15(19-4-2)13(14)11-17/h5-7,18H,3-4,8-10,12H2,1-2H3. The second-order valence-electron chi connectivity index (χ2n) is 5.33. The zero-order valence-electron chi connectivity index (χ0n) is 11.8. The van der Waals surface area contributed by atoms with Gasteiger partial charge in [-0.25, -0.2) is 0 Å². The Morgan fingerprint density at radius 2 is 2.16 bits per heavy atom. The molecule has 0 saturated heterocycles. The van der Waals surface area contributed by atoms with Gasteiger partial charge < -0.3 is 5.32 Å². The number of nitriles is 1. The molecule has 3 heteroatoms. The number of hydrogen-bond acceptors (Lipinski definition) is 3. The van der Waals surface area contributed by atoms with Gasteiger partial charge in [0, 0.05) is 11.4 Å². The van der Waals surface area contributed by atoms with Crippen LogP contribution in [0.1, 0.15) is 45.1 Å². The molecule has 0 aliphatic heterocycles. The third kappa shape index (κ3) is 3.45. The Balaban J connectivity index is 2.08. The summed E-state index contributed by atoms with van der Waals surface area (Å²) in [6.45, 7) is 5.38. The summed E-state index contributed by atoms with van der Waals surface area (Å²) >= 11 is 1.74. The van der Waals surface area contributed by atoms with Crippen molar-refractivity contribution in [2.75, 3.05) is 17.6 Å². The summed E-state index contributed by atoms with van der Waals surface area (Å²) in [5.74, 6) is 0.998. The second kappa shape index (κ2) is 6.34. The Morgan fingerprint density at radius 3 is 2.74 bits per heavy atom. The maximum Gasteiger partial charge on any atom is 0.102 e. The third-order valence-electron chi connectivity index (χ3n) is 3.83. The molecule has 0 aromatic heterocycles. The fraction of sp³-hybridized carbons (Fsp3) is 0.562. The molecule has 102 valence electrons. The molecule has 19 heavy (non-hydrogen) atoms. The minimum Gasteiger partial charge on any atom is -0.383 e. The van der Waals surface area contributed by atoms with Crippen LogP contribution in [0.4, 0.5) is 5.69 Å². The molecule has 0 atom stereocenters. The molecular weight excluding hydrogens is 252 g/mol. The first-order valence-corrected chi connectivity index (χ1v) is 8.13. The van der Waals surface area contributed by atoms with Crippen LogP contribution in [0.2, 0.25) is 0 Å². The monoisotopic (exact) mass is 274 g/mol. The Labute approximate surface area is 120 Å². The molecule has 0 amide bonds. The van der Waals surface area contributed by atoms with Crippen LogP contribution < -0.4 is 5.32 Å². The molecule has 1 aromatic carbocycles. The van der Waals surface area contributed by atoms with E-state index in [1.165, 1.54) is 25.7 Å². The van der Waals surface area contributed by atoms with Crippen molar-refractivity contribution >= 4 is 17.4 Å². The number of hydrogen-bond donors (Lipinski definition) is 1. The van der Waals surface area contributed by atoms with Crippen LogP contribution in [0.25, 0.3) is 0 Å². The lowest BCUT2D eigenvalue weighted by Gasteiger charge is -2.17. The van der Waals surface area contributed by atoms with E-state index < -0.39 is 0 Å². The smallest absolute Gasteiger partial charge is 0.102 e. The van der Waals surface area contributed by atoms with Crippen molar-refractivity contribution in [2.45, 2.75) is 44.4 Å². The first-order chi connectivity index (χ1) is 9.24. The third-order valence-corrected chi connectivity index (χ3v) is 4.77. The Bertz CT molecular complexity index is 472. The molecule has 0 radical (unpaired) electrons. The predicted octanol–water partition coefficient (Wildman–Crippen LogP) is 4.66. The lowest BCUT2D eigenvalue weighted by Crippen LogP contribution is -2.15. The molecule has 1 aliphatic rings. The maximum absolute atomic E-state index is 9.37. The topological polar surface area (TPSA) is 35.8 Å². The van der Waals surface area contributed by atoms with Gasteiger partial charge in [0.25, 0.3) is 0 Å². The van der Waals surface area contributed by atoms with Crippen LogP contribution in [0, 0.1) is 16.7 Å². The van der Waals surface area contributed by atoms with E-state index in [1.54, 1.807) is 11.8 Å². The van der Waals surface area contributed by atoms with Gasteiger partial charge in [-0.15, -0.1) is 11.8 Å². The Hall–Kier alpha value is -1.14. The second-order valence-corrected chi connectivity index (χ2v) is 6.63. The zero-order valence-corrected chi connectivity index (χ0v) is 12.6. The molecule has 1 fully saturated rings. The summed E-state index contributed by atoms with van der Waals surface area (Å²) in [5.41, 5.74) is 2.32. The van der Waals surface area contributed by atoms with E-state index in [2.05, 4.69) is 25.2 Å². The van der Waals surface area contributed by atoms with Crippen molar-refractivity contribution in [3.8, 4) is 6.07 Å². The summed E-state index contributed by atoms with van der Waals surface area (Å²) in [5, 5.41) is 12.9. The van der Waals surface area contributed by atoms with Crippen molar-refractivity contribution in [1.29, 1.82) is 5.26 Å². The fourth-order valence-electron chi connectivity index (χ4n) is 2.57. The van der Waals surface area contributed by atoms with Crippen LogP contribution in [0.5, 0.6) is 0 Å². The molecule has 0 bridgehead atoms. The fourth-order valence-corrected chi connectivity index (χ4v) is 3.36. The molecule has 2 nitrogen and oxygen atoms in total. The molecule has 1 saturated carbocycles. The van der Waals surface area contributed by atoms with Crippen LogP contribution >= 0.6 is 11.8 Å². The van der Waals surface area contributed by atoms with E-state index in [-0.39, 0.29) is 0 Å². The number of anilines is 1. The number of benzene rings is 1. The van der Waals surface area contributed by atoms with Gasteiger partial charge in [0.15, 0.2) is 0 Å². The molecule has 1 aliphatic carbocycles. The molecule has 0 spiro atoms. The first-order valence-electron chi connectivity index (χ1n) is 7.14. The van der Waals surface area contributed by atoms with Gasteiger partial charge in [-0.1, -0.05) is 26.3 Å². The van der Waals surface area contributed by atoms with Gasteiger partial charge in [0.2, 0.25) is 0 Å². The Morgan fingerprint density at radius 1 is 1.37 bits per heavy atom. The van der Waals surface area contributed by atoms with Crippen LogP contribution in [-0.4, -0.2) is 12.3 Å². The van der Waals surface area contributed by atoms with Crippen molar-refractivity contribution in [3.63, 3.8) is 0 Å². The summed E-state index contributed by atoms with van der Waals surface area (Å²) in [6.07, 6.45) is 5.21. The number of nitrogens with zero attached hydrogens (tertiary/aromatic N) is 1. The van der Waals surface area contributed by atoms with Crippen LogP contribution in [0.3, 0.4) is 0 Å². The summed E-state index contributed by atoms with van der Waals surface area (Å²) in [7, 11) is 0. The van der Waals surface area contributed by atoms with Gasteiger partial charge in [0.1, 0.15) is 6.07 Å². The normalized spacial score (nSPS) is 15.8. The van der Waals surface area contributed by atoms with Crippen LogP contribution in [-0.2, 0) is 0 Å². The summed E-state index contributed by atoms with van der Waals surface area (Å²) in [4.78, 5) is 1.09. The van der Waals surface area contributed by atoms with Crippen molar-refractivity contribution in [2.24, 2.45) is 5.41 Å². The Kier molecular flexibility index (Phi) is 4.76. The highest BCUT2D eigenvalue weighted by Gasteiger charge is 2.41. The van der Waals surface area contributed by atoms with Crippen molar-refractivity contribution < 1.29 is 0 Å². The largest absolute Gasteiger partial charge is 0.383 e. The molecule has 1 N–H and O–H groups in total. The quantitative estimate of drug-likeness (QED) is 0.734. The molecular formula is C16H22N2S. The summed E-state index contributed by atoms with van der Waals surface area (Å²) in [6, 6.07) is 8.46. The maximum atomic E-state index is 9.37. The van der Waals surface area contributed by atoms with Crippen molar-refractivity contribution in [1.82, 2.24) is 0 Å². The van der Waals surface area contributed by atoms with Gasteiger partial charge in [-0.05, 0) is 42.6 Å². The van der Waals surface area contributed by atoms with Crippen molar-refractivity contribution in [3.05, 3.63) is 23.8 Å². The average Bonchev–Trinajstić information content (AvgIpc) is 3.18. The zero-order chi connectivity index (χ0) is 13.7. The van der Waals surface area contributed by atoms with E-state index in [1.807, 2.05) is 18.2 Å². The SMILES string of the molecule is CCCC1(CNc2cccc(SCC)c2C#N)CC1.